The number of ether oxygens (including phenoxy) is 2. The molecule has 8 nitrogen and oxygen atoms in total. The number of aromatic nitrogens is 2. The quantitative estimate of drug-likeness (QED) is 0.370. The molecule has 1 aromatic heterocycles. The summed E-state index contributed by atoms with van der Waals surface area (Å²) >= 11 is 0. The Bertz CT molecular complexity index is 1200. The first-order valence-electron chi connectivity index (χ1n) is 13.1. The van der Waals surface area contributed by atoms with Crippen LogP contribution in [-0.2, 0) is 29.0 Å². The fraction of sp³-hybridized carbons (Fsp3) is 0.483. The standard InChI is InChI=1S/C29H40N4O4/c1-7-20(3)33(21(4)8-2)29(35)19-32-24-12-10-9-11-23(24)31-27(32)15-16-30-28(34)18-22-13-14-25(36-5)26(17-22)37-6/h9-14,17,20-21H,7-8,15-16,18-19H2,1-6H3,(H,30,34). The number of carbonyl (C=O) groups excluding carboxylic acids is 2. The van der Waals surface area contributed by atoms with Crippen molar-refractivity contribution in [3.63, 3.8) is 0 Å². The van der Waals surface area contributed by atoms with Crippen LogP contribution in [0.3, 0.4) is 0 Å². The lowest BCUT2D eigenvalue weighted by atomic mass is 10.1. The average Bonchev–Trinajstić information content (AvgIpc) is 3.25. The first-order chi connectivity index (χ1) is 17.8. The number of nitrogens with one attached hydrogen (secondary N) is 1. The molecule has 1 N–H and O–H groups in total. The van der Waals surface area contributed by atoms with E-state index in [0.717, 1.165) is 35.3 Å². The highest BCUT2D eigenvalue weighted by Gasteiger charge is 2.25. The van der Waals surface area contributed by atoms with E-state index in [0.29, 0.717) is 24.5 Å². The molecule has 0 aliphatic heterocycles. The molecule has 3 rings (SSSR count). The van der Waals surface area contributed by atoms with Crippen LogP contribution < -0.4 is 14.8 Å². The summed E-state index contributed by atoms with van der Waals surface area (Å²) in [6.45, 7) is 9.07. The molecule has 2 atom stereocenters. The molecule has 2 aromatic carbocycles. The molecule has 8 heteroatoms. The van der Waals surface area contributed by atoms with Crippen LogP contribution in [0.5, 0.6) is 11.5 Å². The maximum Gasteiger partial charge on any atom is 0.243 e. The van der Waals surface area contributed by atoms with Crippen LogP contribution >= 0.6 is 0 Å². The zero-order valence-electron chi connectivity index (χ0n) is 22.9. The Kier molecular flexibility index (Phi) is 9.94. The zero-order valence-corrected chi connectivity index (χ0v) is 22.9. The third-order valence-corrected chi connectivity index (χ3v) is 6.93. The van der Waals surface area contributed by atoms with Gasteiger partial charge in [-0.2, -0.15) is 0 Å². The average molecular weight is 509 g/mol. The predicted octanol–water partition coefficient (Wildman–Crippen LogP) is 4.38. The van der Waals surface area contributed by atoms with Crippen LogP contribution in [0.15, 0.2) is 42.5 Å². The molecule has 0 aliphatic rings. The molecule has 200 valence electrons. The fourth-order valence-corrected chi connectivity index (χ4v) is 4.58. The van der Waals surface area contributed by atoms with Crippen molar-refractivity contribution in [2.24, 2.45) is 0 Å². The van der Waals surface area contributed by atoms with E-state index in [4.69, 9.17) is 14.5 Å². The Morgan fingerprint density at radius 2 is 1.68 bits per heavy atom. The van der Waals surface area contributed by atoms with Gasteiger partial charge in [-0.05, 0) is 56.5 Å². The highest BCUT2D eigenvalue weighted by molar-refractivity contribution is 5.82. The van der Waals surface area contributed by atoms with Crippen molar-refractivity contribution in [1.82, 2.24) is 19.8 Å². The number of imidazole rings is 1. The number of nitrogens with zero attached hydrogens (tertiary/aromatic N) is 3. The lowest BCUT2D eigenvalue weighted by Crippen LogP contribution is -2.46. The number of hydrogen-bond acceptors (Lipinski definition) is 5. The molecular weight excluding hydrogens is 468 g/mol. The van der Waals surface area contributed by atoms with Crippen molar-refractivity contribution in [1.29, 1.82) is 0 Å². The Balaban J connectivity index is 1.71. The molecule has 0 spiro atoms. The van der Waals surface area contributed by atoms with Crippen molar-refractivity contribution >= 4 is 22.8 Å². The second kappa shape index (κ2) is 13.1. The van der Waals surface area contributed by atoms with Gasteiger partial charge < -0.3 is 24.3 Å². The largest absolute Gasteiger partial charge is 0.493 e. The van der Waals surface area contributed by atoms with E-state index in [1.165, 1.54) is 0 Å². The van der Waals surface area contributed by atoms with Crippen LogP contribution in [0.25, 0.3) is 11.0 Å². The smallest absolute Gasteiger partial charge is 0.243 e. The number of amides is 2. The zero-order chi connectivity index (χ0) is 26.9. The second-order valence-corrected chi connectivity index (χ2v) is 9.38. The first kappa shape index (κ1) is 28.0. The van der Waals surface area contributed by atoms with Gasteiger partial charge in [0.05, 0.1) is 31.7 Å². The summed E-state index contributed by atoms with van der Waals surface area (Å²) < 4.78 is 12.6. The van der Waals surface area contributed by atoms with E-state index in [1.54, 1.807) is 20.3 Å². The summed E-state index contributed by atoms with van der Waals surface area (Å²) in [5.41, 5.74) is 2.61. The van der Waals surface area contributed by atoms with Crippen molar-refractivity contribution in [3.8, 4) is 11.5 Å². The maximum absolute atomic E-state index is 13.5. The number of rotatable bonds is 13. The van der Waals surface area contributed by atoms with Crippen LogP contribution in [0.2, 0.25) is 0 Å². The van der Waals surface area contributed by atoms with Gasteiger partial charge in [0.2, 0.25) is 11.8 Å². The van der Waals surface area contributed by atoms with Gasteiger partial charge in [0.25, 0.3) is 0 Å². The van der Waals surface area contributed by atoms with Crippen molar-refractivity contribution < 1.29 is 19.1 Å². The van der Waals surface area contributed by atoms with E-state index in [1.807, 2.05) is 45.9 Å². The van der Waals surface area contributed by atoms with E-state index in [2.05, 4.69) is 33.0 Å². The molecule has 2 amide bonds. The van der Waals surface area contributed by atoms with Crippen LogP contribution in [0, 0.1) is 0 Å². The molecule has 0 radical (unpaired) electrons. The number of methoxy groups -OCH3 is 2. The molecule has 3 aromatic rings. The van der Waals surface area contributed by atoms with Gasteiger partial charge in [-0.25, -0.2) is 4.98 Å². The molecule has 0 saturated carbocycles. The molecular formula is C29H40N4O4. The van der Waals surface area contributed by atoms with Crippen LogP contribution in [0.1, 0.15) is 51.9 Å². The number of hydrogen-bond donors (Lipinski definition) is 1. The van der Waals surface area contributed by atoms with Crippen LogP contribution in [0.4, 0.5) is 0 Å². The third kappa shape index (κ3) is 6.81. The topological polar surface area (TPSA) is 85.7 Å². The van der Waals surface area contributed by atoms with E-state index in [-0.39, 0.29) is 36.9 Å². The highest BCUT2D eigenvalue weighted by atomic mass is 16.5. The minimum atomic E-state index is -0.0920. The van der Waals surface area contributed by atoms with Gasteiger partial charge in [0.15, 0.2) is 11.5 Å². The van der Waals surface area contributed by atoms with Gasteiger partial charge in [0.1, 0.15) is 12.4 Å². The molecule has 1 heterocycles. The predicted molar refractivity (Wildman–Crippen MR) is 146 cm³/mol. The molecule has 2 unspecified atom stereocenters. The first-order valence-corrected chi connectivity index (χ1v) is 13.1. The maximum atomic E-state index is 13.5. The SMILES string of the molecule is CCC(C)N(C(=O)Cn1c(CCNC(=O)Cc2ccc(OC)c(OC)c2)nc2ccccc21)C(C)CC. The number of benzene rings is 2. The Hall–Kier alpha value is -3.55. The van der Waals surface area contributed by atoms with Gasteiger partial charge in [0, 0.05) is 25.0 Å². The Morgan fingerprint density at radius 3 is 2.32 bits per heavy atom. The molecule has 0 fully saturated rings. The fourth-order valence-electron chi connectivity index (χ4n) is 4.58. The molecule has 0 aliphatic carbocycles. The minimum Gasteiger partial charge on any atom is -0.493 e. The minimum absolute atomic E-state index is 0.0885. The molecule has 0 bridgehead atoms. The summed E-state index contributed by atoms with van der Waals surface area (Å²) in [6, 6.07) is 13.6. The number of carbonyl (C=O) groups is 2. The second-order valence-electron chi connectivity index (χ2n) is 9.38. The van der Waals surface area contributed by atoms with E-state index < -0.39 is 0 Å². The van der Waals surface area contributed by atoms with Crippen molar-refractivity contribution in [2.45, 2.75) is 72.0 Å². The summed E-state index contributed by atoms with van der Waals surface area (Å²) in [5.74, 6) is 2.00. The number of fused-ring (bicyclic) bond motifs is 1. The normalized spacial score (nSPS) is 12.7. The summed E-state index contributed by atoms with van der Waals surface area (Å²) in [4.78, 5) is 32.9. The summed E-state index contributed by atoms with van der Waals surface area (Å²) in [5, 5.41) is 2.99. The van der Waals surface area contributed by atoms with Gasteiger partial charge in [-0.3, -0.25) is 9.59 Å². The van der Waals surface area contributed by atoms with E-state index in [9.17, 15) is 9.59 Å². The molecule has 37 heavy (non-hydrogen) atoms. The lowest BCUT2D eigenvalue weighted by Gasteiger charge is -2.34. The van der Waals surface area contributed by atoms with Crippen molar-refractivity contribution in [2.75, 3.05) is 20.8 Å². The Morgan fingerprint density at radius 1 is 1.00 bits per heavy atom. The van der Waals surface area contributed by atoms with E-state index >= 15 is 0 Å². The summed E-state index contributed by atoms with van der Waals surface area (Å²) in [7, 11) is 3.15. The highest BCUT2D eigenvalue weighted by Crippen LogP contribution is 2.27. The van der Waals surface area contributed by atoms with Gasteiger partial charge in [-0.1, -0.05) is 32.0 Å². The monoisotopic (exact) mass is 508 g/mol. The van der Waals surface area contributed by atoms with Crippen molar-refractivity contribution in [3.05, 3.63) is 53.9 Å². The lowest BCUT2D eigenvalue weighted by molar-refractivity contribution is -0.136. The third-order valence-electron chi connectivity index (χ3n) is 6.93. The van der Waals surface area contributed by atoms with Gasteiger partial charge in [-0.15, -0.1) is 0 Å². The van der Waals surface area contributed by atoms with Crippen LogP contribution in [-0.4, -0.2) is 59.1 Å². The summed E-state index contributed by atoms with van der Waals surface area (Å²) in [6.07, 6.45) is 2.56. The molecule has 0 saturated heterocycles. The number of para-hydroxylation sites is 2. The van der Waals surface area contributed by atoms with Gasteiger partial charge >= 0.3 is 0 Å². The Labute approximate surface area is 220 Å².